The molecule has 1 unspecified atom stereocenters. The maximum absolute atomic E-state index is 12.7. The molecule has 0 aliphatic carbocycles. The number of carbonyl (C=O) groups excluding carboxylic acids is 1. The minimum Gasteiger partial charge on any atom is -0.479 e. The Morgan fingerprint density at radius 2 is 2.12 bits per heavy atom. The van der Waals surface area contributed by atoms with Gasteiger partial charge in [0.05, 0.1) is 5.56 Å². The molecule has 1 atom stereocenters. The van der Waals surface area contributed by atoms with E-state index in [9.17, 15) is 14.0 Å². The van der Waals surface area contributed by atoms with Gasteiger partial charge in [0.15, 0.2) is 6.10 Å². The number of carbonyl (C=O) groups is 2. The second-order valence-corrected chi connectivity index (χ2v) is 3.12. The molecule has 1 aromatic carbocycles. The Morgan fingerprint density at radius 1 is 1.50 bits per heavy atom. The van der Waals surface area contributed by atoms with Crippen LogP contribution in [-0.4, -0.2) is 23.1 Å². The number of nitrogens with two attached hydrogens (primary N) is 1. The third-order valence-electron chi connectivity index (χ3n) is 1.87. The van der Waals surface area contributed by atoms with Gasteiger partial charge in [-0.15, -0.1) is 0 Å². The summed E-state index contributed by atoms with van der Waals surface area (Å²) in [6, 6.07) is 3.14. The van der Waals surface area contributed by atoms with E-state index in [1.165, 1.54) is 6.92 Å². The first-order chi connectivity index (χ1) is 7.41. The van der Waals surface area contributed by atoms with Gasteiger partial charge >= 0.3 is 11.9 Å². The van der Waals surface area contributed by atoms with E-state index in [4.69, 9.17) is 10.8 Å². The van der Waals surface area contributed by atoms with Gasteiger partial charge in [-0.1, -0.05) is 0 Å². The van der Waals surface area contributed by atoms with Gasteiger partial charge in [0, 0.05) is 5.69 Å². The van der Waals surface area contributed by atoms with Crippen LogP contribution in [0.25, 0.3) is 0 Å². The molecular formula is C10H10FNO4. The minimum absolute atomic E-state index is 0.0606. The number of anilines is 1. The minimum atomic E-state index is -1.28. The first-order valence-electron chi connectivity index (χ1n) is 4.40. The Balaban J connectivity index is 2.85. The van der Waals surface area contributed by atoms with Crippen LogP contribution in [0.15, 0.2) is 18.2 Å². The van der Waals surface area contributed by atoms with Crippen LogP contribution in [0, 0.1) is 5.82 Å². The number of hydrogen-bond acceptors (Lipinski definition) is 4. The molecule has 0 bridgehead atoms. The summed E-state index contributed by atoms with van der Waals surface area (Å²) in [5, 5.41) is 8.52. The molecule has 0 saturated heterocycles. The van der Waals surface area contributed by atoms with E-state index in [1.807, 2.05) is 0 Å². The molecule has 0 radical (unpaired) electrons. The second kappa shape index (κ2) is 4.61. The molecule has 0 fully saturated rings. The Hall–Kier alpha value is -2.11. The number of carboxylic acid groups (broad SMARTS) is 1. The Bertz CT molecular complexity index is 433. The summed E-state index contributed by atoms with van der Waals surface area (Å²) in [6.45, 7) is 1.21. The number of esters is 1. The summed E-state index contributed by atoms with van der Waals surface area (Å²) in [5.74, 6) is -2.75. The maximum Gasteiger partial charge on any atom is 0.344 e. The Morgan fingerprint density at radius 3 is 2.62 bits per heavy atom. The van der Waals surface area contributed by atoms with Crippen LogP contribution < -0.4 is 5.73 Å². The van der Waals surface area contributed by atoms with Crippen LogP contribution >= 0.6 is 0 Å². The molecule has 0 amide bonds. The predicted octanol–water partition coefficient (Wildman–Crippen LogP) is 1.04. The van der Waals surface area contributed by atoms with Crippen molar-refractivity contribution >= 4 is 17.6 Å². The number of aliphatic carboxylic acids is 1. The standard InChI is InChI=1S/C10H10FNO4/c1-5(9(13)14)16-10(15)7-3-2-6(11)4-8(7)12/h2-5H,12H2,1H3,(H,13,14). The summed E-state index contributed by atoms with van der Waals surface area (Å²) in [6.07, 6.45) is -1.28. The number of hydrogen-bond donors (Lipinski definition) is 2. The maximum atomic E-state index is 12.7. The summed E-state index contributed by atoms with van der Waals surface area (Å²) < 4.78 is 17.3. The van der Waals surface area contributed by atoms with E-state index >= 15 is 0 Å². The molecule has 0 spiro atoms. The van der Waals surface area contributed by atoms with Gasteiger partial charge in [-0.05, 0) is 25.1 Å². The van der Waals surface area contributed by atoms with Crippen molar-refractivity contribution in [2.75, 3.05) is 5.73 Å². The number of halogens is 1. The second-order valence-electron chi connectivity index (χ2n) is 3.12. The van der Waals surface area contributed by atoms with Crippen LogP contribution in [0.1, 0.15) is 17.3 Å². The lowest BCUT2D eigenvalue weighted by molar-refractivity contribution is -0.146. The van der Waals surface area contributed by atoms with Gasteiger partial charge in [0.25, 0.3) is 0 Å². The van der Waals surface area contributed by atoms with Crippen molar-refractivity contribution in [3.63, 3.8) is 0 Å². The van der Waals surface area contributed by atoms with Crippen LogP contribution in [0.5, 0.6) is 0 Å². The molecule has 86 valence electrons. The third kappa shape index (κ3) is 2.69. The number of rotatable bonds is 3. The molecule has 3 N–H and O–H groups in total. The van der Waals surface area contributed by atoms with Crippen molar-refractivity contribution < 1.29 is 23.8 Å². The molecule has 0 aliphatic heterocycles. The van der Waals surface area contributed by atoms with Gasteiger partial charge < -0.3 is 15.6 Å². The summed E-state index contributed by atoms with van der Waals surface area (Å²) >= 11 is 0. The van der Waals surface area contributed by atoms with Gasteiger partial charge in [-0.2, -0.15) is 0 Å². The predicted molar refractivity (Wildman–Crippen MR) is 53.3 cm³/mol. The van der Waals surface area contributed by atoms with Gasteiger partial charge in [0.2, 0.25) is 0 Å². The largest absolute Gasteiger partial charge is 0.479 e. The lowest BCUT2D eigenvalue weighted by Gasteiger charge is -2.09. The lowest BCUT2D eigenvalue weighted by atomic mass is 10.2. The number of carboxylic acids is 1. The van der Waals surface area contributed by atoms with Crippen molar-refractivity contribution in [1.29, 1.82) is 0 Å². The highest BCUT2D eigenvalue weighted by Crippen LogP contribution is 2.15. The highest BCUT2D eigenvalue weighted by Gasteiger charge is 2.19. The Labute approximate surface area is 90.6 Å². The van der Waals surface area contributed by atoms with Crippen molar-refractivity contribution in [3.8, 4) is 0 Å². The molecular weight excluding hydrogens is 217 g/mol. The van der Waals surface area contributed by atoms with E-state index in [0.717, 1.165) is 18.2 Å². The quantitative estimate of drug-likeness (QED) is 0.594. The van der Waals surface area contributed by atoms with E-state index in [1.54, 1.807) is 0 Å². The molecule has 0 aromatic heterocycles. The van der Waals surface area contributed by atoms with E-state index < -0.39 is 23.9 Å². The zero-order chi connectivity index (χ0) is 12.3. The van der Waals surface area contributed by atoms with Crippen molar-refractivity contribution in [2.45, 2.75) is 13.0 Å². The molecule has 1 aromatic rings. The highest BCUT2D eigenvalue weighted by molar-refractivity contribution is 5.96. The Kier molecular flexibility index (Phi) is 3.44. The molecule has 16 heavy (non-hydrogen) atoms. The average Bonchev–Trinajstić information content (AvgIpc) is 2.16. The number of ether oxygens (including phenoxy) is 1. The molecule has 0 aliphatic rings. The van der Waals surface area contributed by atoms with E-state index in [0.29, 0.717) is 0 Å². The van der Waals surface area contributed by atoms with Crippen molar-refractivity contribution in [1.82, 2.24) is 0 Å². The summed E-state index contributed by atoms with van der Waals surface area (Å²) in [4.78, 5) is 21.8. The highest BCUT2D eigenvalue weighted by atomic mass is 19.1. The molecule has 1 rings (SSSR count). The summed E-state index contributed by atoms with van der Waals surface area (Å²) in [7, 11) is 0. The zero-order valence-electron chi connectivity index (χ0n) is 8.44. The topological polar surface area (TPSA) is 89.6 Å². The fraction of sp³-hybridized carbons (Fsp3) is 0.200. The van der Waals surface area contributed by atoms with Crippen molar-refractivity contribution in [2.24, 2.45) is 0 Å². The van der Waals surface area contributed by atoms with Gasteiger partial charge in [0.1, 0.15) is 5.82 Å². The smallest absolute Gasteiger partial charge is 0.344 e. The number of nitrogen functional groups attached to an aromatic ring is 1. The van der Waals surface area contributed by atoms with Crippen molar-refractivity contribution in [3.05, 3.63) is 29.6 Å². The van der Waals surface area contributed by atoms with Gasteiger partial charge in [-0.25, -0.2) is 14.0 Å². The molecule has 5 nitrogen and oxygen atoms in total. The van der Waals surface area contributed by atoms with E-state index in [-0.39, 0.29) is 11.3 Å². The van der Waals surface area contributed by atoms with Crippen LogP contribution in [0.4, 0.5) is 10.1 Å². The first kappa shape index (κ1) is 12.0. The first-order valence-corrected chi connectivity index (χ1v) is 4.40. The van der Waals surface area contributed by atoms with Gasteiger partial charge in [-0.3, -0.25) is 0 Å². The fourth-order valence-electron chi connectivity index (χ4n) is 0.994. The fourth-order valence-corrected chi connectivity index (χ4v) is 0.994. The monoisotopic (exact) mass is 227 g/mol. The normalized spacial score (nSPS) is 11.9. The third-order valence-corrected chi connectivity index (χ3v) is 1.87. The molecule has 0 heterocycles. The average molecular weight is 227 g/mol. The molecule has 6 heteroatoms. The van der Waals surface area contributed by atoms with Crippen LogP contribution in [0.3, 0.4) is 0 Å². The van der Waals surface area contributed by atoms with Crippen LogP contribution in [-0.2, 0) is 9.53 Å². The lowest BCUT2D eigenvalue weighted by Crippen LogP contribution is -2.24. The number of benzene rings is 1. The molecule has 0 saturated carbocycles. The van der Waals surface area contributed by atoms with Crippen LogP contribution in [0.2, 0.25) is 0 Å². The summed E-state index contributed by atoms with van der Waals surface area (Å²) in [5.41, 5.74) is 5.23. The van der Waals surface area contributed by atoms with E-state index in [2.05, 4.69) is 4.74 Å². The zero-order valence-corrected chi connectivity index (χ0v) is 8.44. The SMILES string of the molecule is CC(OC(=O)c1ccc(F)cc1N)C(=O)O.